The van der Waals surface area contributed by atoms with E-state index in [0.717, 1.165) is 28.3 Å². The second-order valence-corrected chi connectivity index (χ2v) is 6.67. The van der Waals surface area contributed by atoms with Gasteiger partial charge in [-0.1, -0.05) is 30.3 Å². The van der Waals surface area contributed by atoms with Crippen molar-refractivity contribution in [2.75, 3.05) is 0 Å². The van der Waals surface area contributed by atoms with E-state index in [1.54, 1.807) is 0 Å². The van der Waals surface area contributed by atoms with Crippen molar-refractivity contribution in [1.82, 2.24) is 10.3 Å². The summed E-state index contributed by atoms with van der Waals surface area (Å²) >= 11 is 1.47. The van der Waals surface area contributed by atoms with Crippen molar-refractivity contribution >= 4 is 23.2 Å². The standard InChI is InChI=1S/C16H17N3O2S/c1-9-18-13(14(22-9)11-5-3-2-4-6-11)16(21)19-12(15(17)20)10-7-8-10/h2-6,10,12H,7-8H2,1H3,(H2,17,20)(H,19,21)/t12-/m1/s1. The first-order valence-corrected chi connectivity index (χ1v) is 8.01. The molecule has 114 valence electrons. The molecule has 1 aromatic heterocycles. The minimum Gasteiger partial charge on any atom is -0.368 e. The number of carbonyl (C=O) groups excluding carboxylic acids is 2. The number of benzene rings is 1. The number of hydrogen-bond donors (Lipinski definition) is 2. The van der Waals surface area contributed by atoms with Gasteiger partial charge in [0, 0.05) is 0 Å². The quantitative estimate of drug-likeness (QED) is 0.886. The lowest BCUT2D eigenvalue weighted by atomic mass is 10.1. The fraction of sp³-hybridized carbons (Fsp3) is 0.312. The van der Waals surface area contributed by atoms with Gasteiger partial charge in [0.15, 0.2) is 0 Å². The minimum absolute atomic E-state index is 0.168. The fourth-order valence-electron chi connectivity index (χ4n) is 2.43. The topological polar surface area (TPSA) is 85.1 Å². The number of nitrogens with zero attached hydrogens (tertiary/aromatic N) is 1. The van der Waals surface area contributed by atoms with Gasteiger partial charge in [-0.3, -0.25) is 9.59 Å². The van der Waals surface area contributed by atoms with Gasteiger partial charge < -0.3 is 11.1 Å². The molecule has 1 aromatic carbocycles. The van der Waals surface area contributed by atoms with Gasteiger partial charge in [0.05, 0.1) is 9.88 Å². The Morgan fingerprint density at radius 1 is 1.32 bits per heavy atom. The molecular weight excluding hydrogens is 298 g/mol. The van der Waals surface area contributed by atoms with Crippen molar-refractivity contribution in [3.05, 3.63) is 41.0 Å². The fourth-order valence-corrected chi connectivity index (χ4v) is 3.35. The first-order chi connectivity index (χ1) is 10.6. The maximum atomic E-state index is 12.5. The second kappa shape index (κ2) is 5.88. The molecule has 3 rings (SSSR count). The van der Waals surface area contributed by atoms with Crippen LogP contribution in [0.1, 0.15) is 28.3 Å². The molecule has 2 amide bonds. The third-order valence-electron chi connectivity index (χ3n) is 3.67. The number of aromatic nitrogens is 1. The molecule has 1 fully saturated rings. The van der Waals surface area contributed by atoms with E-state index in [2.05, 4.69) is 10.3 Å². The molecule has 22 heavy (non-hydrogen) atoms. The lowest BCUT2D eigenvalue weighted by molar-refractivity contribution is -0.120. The Labute approximate surface area is 132 Å². The molecule has 1 atom stereocenters. The molecule has 0 radical (unpaired) electrons. The molecule has 0 spiro atoms. The summed E-state index contributed by atoms with van der Waals surface area (Å²) in [5.74, 6) is -0.649. The zero-order valence-electron chi connectivity index (χ0n) is 12.2. The molecular formula is C16H17N3O2S. The van der Waals surface area contributed by atoms with Crippen LogP contribution in [0.15, 0.2) is 30.3 Å². The van der Waals surface area contributed by atoms with E-state index in [1.165, 1.54) is 11.3 Å². The average Bonchev–Trinajstić information content (AvgIpc) is 3.26. The predicted molar refractivity (Wildman–Crippen MR) is 85.5 cm³/mol. The van der Waals surface area contributed by atoms with E-state index >= 15 is 0 Å². The summed E-state index contributed by atoms with van der Waals surface area (Å²) in [5.41, 5.74) is 6.69. The molecule has 6 heteroatoms. The van der Waals surface area contributed by atoms with E-state index in [4.69, 9.17) is 5.73 Å². The highest BCUT2D eigenvalue weighted by molar-refractivity contribution is 7.15. The number of amides is 2. The van der Waals surface area contributed by atoms with Crippen molar-refractivity contribution in [2.45, 2.75) is 25.8 Å². The molecule has 1 saturated carbocycles. The van der Waals surface area contributed by atoms with Crippen molar-refractivity contribution in [1.29, 1.82) is 0 Å². The maximum Gasteiger partial charge on any atom is 0.272 e. The molecule has 1 aliphatic carbocycles. The first-order valence-electron chi connectivity index (χ1n) is 7.19. The molecule has 1 heterocycles. The van der Waals surface area contributed by atoms with Crippen molar-refractivity contribution in [2.24, 2.45) is 11.7 Å². The Morgan fingerprint density at radius 3 is 2.59 bits per heavy atom. The van der Waals surface area contributed by atoms with E-state index < -0.39 is 11.9 Å². The number of thiazole rings is 1. The van der Waals surface area contributed by atoms with Crippen molar-refractivity contribution in [3.63, 3.8) is 0 Å². The molecule has 0 bridgehead atoms. The third-order valence-corrected chi connectivity index (χ3v) is 4.69. The number of primary amides is 1. The number of hydrogen-bond acceptors (Lipinski definition) is 4. The summed E-state index contributed by atoms with van der Waals surface area (Å²) in [6.07, 6.45) is 1.85. The second-order valence-electron chi connectivity index (χ2n) is 5.47. The normalized spacial score (nSPS) is 15.3. The smallest absolute Gasteiger partial charge is 0.272 e. The number of nitrogens with one attached hydrogen (secondary N) is 1. The van der Waals surface area contributed by atoms with Gasteiger partial charge in [0.25, 0.3) is 5.91 Å². The summed E-state index contributed by atoms with van der Waals surface area (Å²) in [6, 6.07) is 9.04. The van der Waals surface area contributed by atoms with Gasteiger partial charge in [-0.2, -0.15) is 0 Å². The zero-order chi connectivity index (χ0) is 15.7. The number of carbonyl (C=O) groups is 2. The molecule has 0 saturated heterocycles. The van der Waals surface area contributed by atoms with Crippen LogP contribution in [0.2, 0.25) is 0 Å². The predicted octanol–water partition coefficient (Wildman–Crippen LogP) is 2.11. The highest BCUT2D eigenvalue weighted by atomic mass is 32.1. The van der Waals surface area contributed by atoms with Crippen molar-refractivity contribution in [3.8, 4) is 10.4 Å². The van der Waals surface area contributed by atoms with Gasteiger partial charge in [0.1, 0.15) is 11.7 Å². The van der Waals surface area contributed by atoms with E-state index in [1.807, 2.05) is 37.3 Å². The Kier molecular flexibility index (Phi) is 3.94. The van der Waals surface area contributed by atoms with Crippen LogP contribution in [-0.4, -0.2) is 22.8 Å². The van der Waals surface area contributed by atoms with Gasteiger partial charge in [-0.15, -0.1) is 11.3 Å². The van der Waals surface area contributed by atoms with Crippen LogP contribution in [-0.2, 0) is 4.79 Å². The van der Waals surface area contributed by atoms with Crippen LogP contribution in [0, 0.1) is 12.8 Å². The Balaban J connectivity index is 1.88. The number of rotatable bonds is 5. The van der Waals surface area contributed by atoms with Gasteiger partial charge in [-0.25, -0.2) is 4.98 Å². The monoisotopic (exact) mass is 315 g/mol. The highest BCUT2D eigenvalue weighted by Crippen LogP contribution is 2.34. The Morgan fingerprint density at radius 2 is 2.00 bits per heavy atom. The van der Waals surface area contributed by atoms with E-state index in [0.29, 0.717) is 5.69 Å². The number of aryl methyl sites for hydroxylation is 1. The van der Waals surface area contributed by atoms with Crippen LogP contribution < -0.4 is 11.1 Å². The Bertz CT molecular complexity index is 707. The molecule has 3 N–H and O–H groups in total. The molecule has 0 unspecified atom stereocenters. The number of nitrogens with two attached hydrogens (primary N) is 1. The van der Waals surface area contributed by atoms with Crippen LogP contribution in [0.4, 0.5) is 0 Å². The highest BCUT2D eigenvalue weighted by Gasteiger charge is 2.36. The van der Waals surface area contributed by atoms with Gasteiger partial charge in [0.2, 0.25) is 5.91 Å². The molecule has 2 aromatic rings. The SMILES string of the molecule is Cc1nc(C(=O)N[C@@H](C(N)=O)C2CC2)c(-c2ccccc2)s1. The third kappa shape index (κ3) is 3.01. The minimum atomic E-state index is -0.599. The van der Waals surface area contributed by atoms with Crippen LogP contribution in [0.3, 0.4) is 0 Å². The summed E-state index contributed by atoms with van der Waals surface area (Å²) < 4.78 is 0. The van der Waals surface area contributed by atoms with E-state index in [-0.39, 0.29) is 11.8 Å². The van der Waals surface area contributed by atoms with Crippen LogP contribution in [0.5, 0.6) is 0 Å². The van der Waals surface area contributed by atoms with Gasteiger partial charge >= 0.3 is 0 Å². The lowest BCUT2D eigenvalue weighted by Crippen LogP contribution is -2.46. The average molecular weight is 315 g/mol. The largest absolute Gasteiger partial charge is 0.368 e. The summed E-state index contributed by atoms with van der Waals surface area (Å²) in [6.45, 7) is 1.86. The van der Waals surface area contributed by atoms with Crippen LogP contribution in [0.25, 0.3) is 10.4 Å². The van der Waals surface area contributed by atoms with E-state index in [9.17, 15) is 9.59 Å². The van der Waals surface area contributed by atoms with Gasteiger partial charge in [-0.05, 0) is 31.2 Å². The molecule has 1 aliphatic rings. The Hall–Kier alpha value is -2.21. The zero-order valence-corrected chi connectivity index (χ0v) is 13.0. The molecule has 5 nitrogen and oxygen atoms in total. The summed E-state index contributed by atoms with van der Waals surface area (Å²) in [4.78, 5) is 29.2. The first kappa shape index (κ1) is 14.7. The lowest BCUT2D eigenvalue weighted by Gasteiger charge is -2.14. The van der Waals surface area contributed by atoms with Crippen LogP contribution >= 0.6 is 11.3 Å². The summed E-state index contributed by atoms with van der Waals surface area (Å²) in [5, 5.41) is 3.56. The maximum absolute atomic E-state index is 12.5. The van der Waals surface area contributed by atoms with Crippen molar-refractivity contribution < 1.29 is 9.59 Å². The summed E-state index contributed by atoms with van der Waals surface area (Å²) in [7, 11) is 0. The molecule has 0 aliphatic heterocycles.